The second-order valence-corrected chi connectivity index (χ2v) is 7.80. The highest BCUT2D eigenvalue weighted by atomic mass is 32.2. The molecule has 5 heteroatoms. The van der Waals surface area contributed by atoms with Crippen molar-refractivity contribution in [3.05, 3.63) is 0 Å². The third-order valence-electron chi connectivity index (χ3n) is 4.34. The third-order valence-corrected chi connectivity index (χ3v) is 5.99. The van der Waals surface area contributed by atoms with Crippen LogP contribution in [0.3, 0.4) is 0 Å². The molecule has 0 aromatic rings. The molecule has 17 heavy (non-hydrogen) atoms. The van der Waals surface area contributed by atoms with Crippen molar-refractivity contribution in [1.82, 2.24) is 10.2 Å². The summed E-state index contributed by atoms with van der Waals surface area (Å²) in [5, 5.41) is 3.26. The maximum absolute atomic E-state index is 11.8. The number of rotatable bonds is 3. The first-order valence-corrected chi connectivity index (χ1v) is 8.57. The van der Waals surface area contributed by atoms with E-state index in [1.807, 2.05) is 0 Å². The predicted molar refractivity (Wildman–Crippen MR) is 69.9 cm³/mol. The van der Waals surface area contributed by atoms with Crippen LogP contribution in [0.25, 0.3) is 0 Å². The Kier molecular flexibility index (Phi) is 4.10. The van der Waals surface area contributed by atoms with Gasteiger partial charge >= 0.3 is 0 Å². The summed E-state index contributed by atoms with van der Waals surface area (Å²) in [5.74, 6) is 0. The van der Waals surface area contributed by atoms with E-state index >= 15 is 0 Å². The maximum atomic E-state index is 11.8. The third kappa shape index (κ3) is 3.01. The van der Waals surface area contributed by atoms with Gasteiger partial charge in [-0.25, -0.2) is 8.42 Å². The van der Waals surface area contributed by atoms with Crippen LogP contribution in [-0.2, 0) is 9.84 Å². The van der Waals surface area contributed by atoms with Crippen molar-refractivity contribution < 1.29 is 8.42 Å². The molecule has 1 saturated heterocycles. The lowest BCUT2D eigenvalue weighted by Gasteiger charge is -2.37. The van der Waals surface area contributed by atoms with Gasteiger partial charge in [0.15, 0.2) is 9.84 Å². The number of likely N-dealkylation sites (N-methyl/N-ethyl adjacent to an activating group) is 1. The first-order chi connectivity index (χ1) is 8.00. The Morgan fingerprint density at radius 1 is 1.18 bits per heavy atom. The van der Waals surface area contributed by atoms with Crippen LogP contribution in [0.4, 0.5) is 0 Å². The average molecular weight is 260 g/mol. The van der Waals surface area contributed by atoms with Crippen LogP contribution in [0.5, 0.6) is 0 Å². The highest BCUT2D eigenvalue weighted by Crippen LogP contribution is 2.30. The predicted octanol–water partition coefficient (Wildman–Crippen LogP) is 0.636. The fraction of sp³-hybridized carbons (Fsp3) is 1.00. The molecular formula is C12H24N2O2S. The normalized spacial score (nSPS) is 35.4. The van der Waals surface area contributed by atoms with Crippen molar-refractivity contribution in [3.8, 4) is 0 Å². The van der Waals surface area contributed by atoms with Crippen molar-refractivity contribution >= 4 is 9.84 Å². The highest BCUT2D eigenvalue weighted by Gasteiger charge is 2.39. The fourth-order valence-corrected chi connectivity index (χ4v) is 4.82. The zero-order valence-electron chi connectivity index (χ0n) is 10.9. The Bertz CT molecular complexity index is 350. The van der Waals surface area contributed by atoms with E-state index in [9.17, 15) is 8.42 Å². The lowest BCUT2D eigenvalue weighted by atomic mass is 10.0. The van der Waals surface area contributed by atoms with Gasteiger partial charge in [-0.1, -0.05) is 6.42 Å². The molecule has 3 unspecified atom stereocenters. The molecule has 0 aromatic heterocycles. The van der Waals surface area contributed by atoms with E-state index in [0.717, 1.165) is 32.4 Å². The summed E-state index contributed by atoms with van der Waals surface area (Å²) in [6.45, 7) is 2.11. The summed E-state index contributed by atoms with van der Waals surface area (Å²) >= 11 is 0. The Morgan fingerprint density at radius 3 is 2.53 bits per heavy atom. The summed E-state index contributed by atoms with van der Waals surface area (Å²) in [6.07, 6.45) is 6.70. The van der Waals surface area contributed by atoms with E-state index < -0.39 is 9.84 Å². The highest BCUT2D eigenvalue weighted by molar-refractivity contribution is 7.91. The van der Waals surface area contributed by atoms with Gasteiger partial charge in [-0.05, 0) is 39.3 Å². The molecule has 1 aliphatic heterocycles. The largest absolute Gasteiger partial charge is 0.315 e. The molecule has 0 amide bonds. The number of nitrogens with one attached hydrogen (secondary N) is 1. The van der Waals surface area contributed by atoms with Crippen molar-refractivity contribution in [2.45, 2.75) is 49.4 Å². The monoisotopic (exact) mass is 260 g/mol. The molecule has 0 bridgehead atoms. The quantitative estimate of drug-likeness (QED) is 0.809. The van der Waals surface area contributed by atoms with Gasteiger partial charge in [-0.3, -0.25) is 4.90 Å². The minimum Gasteiger partial charge on any atom is -0.315 e. The fourth-order valence-electron chi connectivity index (χ4n) is 3.32. The van der Waals surface area contributed by atoms with Gasteiger partial charge in [0.2, 0.25) is 0 Å². The number of nitrogens with zero attached hydrogens (tertiary/aromatic N) is 1. The van der Waals surface area contributed by atoms with Gasteiger partial charge in [0.25, 0.3) is 0 Å². The second kappa shape index (κ2) is 5.24. The maximum Gasteiger partial charge on any atom is 0.151 e. The summed E-state index contributed by atoms with van der Waals surface area (Å²) in [5.41, 5.74) is 0. The zero-order valence-corrected chi connectivity index (χ0v) is 11.7. The standard InChI is InChI=1S/C12H24N2O2S/c1-14(10-5-4-8-13-9-10)11-6-3-7-12(11)17(2,15)16/h10-13H,3-9H2,1-2H3. The molecule has 1 saturated carbocycles. The molecule has 4 nitrogen and oxygen atoms in total. The van der Waals surface area contributed by atoms with E-state index in [4.69, 9.17) is 0 Å². The molecule has 2 rings (SSSR count). The molecule has 0 aromatic carbocycles. The molecule has 1 N–H and O–H groups in total. The van der Waals surface area contributed by atoms with Gasteiger partial charge in [-0.2, -0.15) is 0 Å². The Morgan fingerprint density at radius 2 is 1.94 bits per heavy atom. The van der Waals surface area contributed by atoms with Crippen molar-refractivity contribution in [3.63, 3.8) is 0 Å². The number of hydrogen-bond donors (Lipinski definition) is 1. The van der Waals surface area contributed by atoms with Crippen LogP contribution >= 0.6 is 0 Å². The number of hydrogen-bond acceptors (Lipinski definition) is 4. The smallest absolute Gasteiger partial charge is 0.151 e. The van der Waals surface area contributed by atoms with Crippen molar-refractivity contribution in [2.75, 3.05) is 26.4 Å². The Hall–Kier alpha value is -0.130. The zero-order chi connectivity index (χ0) is 12.5. The van der Waals surface area contributed by atoms with E-state index in [2.05, 4.69) is 17.3 Å². The first-order valence-electron chi connectivity index (χ1n) is 6.61. The lowest BCUT2D eigenvalue weighted by Crippen LogP contribution is -2.51. The van der Waals surface area contributed by atoms with Crippen LogP contribution in [0, 0.1) is 0 Å². The Balaban J connectivity index is 2.04. The van der Waals surface area contributed by atoms with Crippen LogP contribution < -0.4 is 5.32 Å². The molecule has 0 spiro atoms. The van der Waals surface area contributed by atoms with Gasteiger partial charge < -0.3 is 5.32 Å². The average Bonchev–Trinajstić information content (AvgIpc) is 2.78. The molecule has 100 valence electrons. The Labute approximate surface area is 105 Å². The molecule has 0 radical (unpaired) electrons. The summed E-state index contributed by atoms with van der Waals surface area (Å²) < 4.78 is 23.6. The second-order valence-electron chi connectivity index (χ2n) is 5.53. The topological polar surface area (TPSA) is 49.4 Å². The SMILES string of the molecule is CN(C1CCCNC1)C1CCCC1S(C)(=O)=O. The first kappa shape index (κ1) is 13.3. The van der Waals surface area contributed by atoms with Gasteiger partial charge in [0.05, 0.1) is 5.25 Å². The number of piperidine rings is 1. The van der Waals surface area contributed by atoms with Crippen LogP contribution in [0.2, 0.25) is 0 Å². The van der Waals surface area contributed by atoms with Gasteiger partial charge in [0, 0.05) is 24.9 Å². The lowest BCUT2D eigenvalue weighted by molar-refractivity contribution is 0.150. The van der Waals surface area contributed by atoms with E-state index in [0.29, 0.717) is 6.04 Å². The van der Waals surface area contributed by atoms with E-state index in [1.54, 1.807) is 0 Å². The van der Waals surface area contributed by atoms with Gasteiger partial charge in [-0.15, -0.1) is 0 Å². The van der Waals surface area contributed by atoms with Crippen LogP contribution in [0.15, 0.2) is 0 Å². The minimum absolute atomic E-state index is 0.144. The molecular weight excluding hydrogens is 236 g/mol. The molecule has 1 heterocycles. The van der Waals surface area contributed by atoms with Crippen molar-refractivity contribution in [1.29, 1.82) is 0 Å². The molecule has 2 fully saturated rings. The van der Waals surface area contributed by atoms with Gasteiger partial charge in [0.1, 0.15) is 0 Å². The van der Waals surface area contributed by atoms with Crippen molar-refractivity contribution in [2.24, 2.45) is 0 Å². The summed E-state index contributed by atoms with van der Waals surface area (Å²) in [6, 6.07) is 0.742. The van der Waals surface area contributed by atoms with Crippen LogP contribution in [-0.4, -0.2) is 57.0 Å². The molecule has 3 atom stereocenters. The van der Waals surface area contributed by atoms with Crippen LogP contribution in [0.1, 0.15) is 32.1 Å². The van der Waals surface area contributed by atoms with E-state index in [1.165, 1.54) is 19.1 Å². The summed E-state index contributed by atoms with van der Waals surface area (Å²) in [4.78, 5) is 2.32. The summed E-state index contributed by atoms with van der Waals surface area (Å²) in [7, 11) is -0.794. The number of sulfone groups is 1. The minimum atomic E-state index is -2.90. The van der Waals surface area contributed by atoms with E-state index in [-0.39, 0.29) is 11.3 Å². The molecule has 1 aliphatic carbocycles. The molecule has 2 aliphatic rings.